The van der Waals surface area contributed by atoms with Crippen molar-refractivity contribution in [3.63, 3.8) is 0 Å². The molecular weight excluding hydrogens is 162 g/mol. The number of aryl methyl sites for hydroxylation is 1. The fourth-order valence-corrected chi connectivity index (χ4v) is 1.13. The van der Waals surface area contributed by atoms with Gasteiger partial charge in [0.15, 0.2) is 5.65 Å². The van der Waals surface area contributed by atoms with Crippen molar-refractivity contribution in [1.29, 1.82) is 0 Å². The van der Waals surface area contributed by atoms with Crippen LogP contribution in [0.15, 0.2) is 18.5 Å². The maximum absolute atomic E-state index is 5.67. The van der Waals surface area contributed by atoms with Crippen LogP contribution in [0.2, 0.25) is 5.15 Å². The molecule has 2 aromatic heterocycles. The van der Waals surface area contributed by atoms with Gasteiger partial charge in [-0.05, 0) is 12.1 Å². The molecule has 0 aliphatic heterocycles. The van der Waals surface area contributed by atoms with E-state index in [1.54, 1.807) is 12.4 Å². The standard InChI is InChI=1S/C7H6ClN3/c1-11-4-9-7-5(11)2-3-6(8)10-7/h2-4H,1H3. The van der Waals surface area contributed by atoms with Crippen molar-refractivity contribution in [2.75, 3.05) is 0 Å². The van der Waals surface area contributed by atoms with Crippen LogP contribution in [0, 0.1) is 0 Å². The van der Waals surface area contributed by atoms with Crippen molar-refractivity contribution in [1.82, 2.24) is 14.5 Å². The van der Waals surface area contributed by atoms with E-state index in [2.05, 4.69) is 9.97 Å². The molecule has 56 valence electrons. The van der Waals surface area contributed by atoms with Crippen LogP contribution >= 0.6 is 11.6 Å². The van der Waals surface area contributed by atoms with Gasteiger partial charge in [-0.15, -0.1) is 0 Å². The molecule has 0 saturated heterocycles. The predicted molar refractivity (Wildman–Crippen MR) is 43.5 cm³/mol. The first-order valence-electron chi connectivity index (χ1n) is 3.21. The van der Waals surface area contributed by atoms with Crippen LogP contribution in [0.4, 0.5) is 0 Å². The SMILES string of the molecule is Cn1cnc2nc(Cl)ccc21. The highest BCUT2D eigenvalue weighted by molar-refractivity contribution is 6.29. The number of aromatic nitrogens is 3. The molecule has 0 amide bonds. The van der Waals surface area contributed by atoms with Crippen LogP contribution in [0.3, 0.4) is 0 Å². The lowest BCUT2D eigenvalue weighted by Crippen LogP contribution is -1.83. The Morgan fingerprint density at radius 1 is 1.45 bits per heavy atom. The highest BCUT2D eigenvalue weighted by Gasteiger charge is 1.99. The molecule has 0 aliphatic rings. The quantitative estimate of drug-likeness (QED) is 0.559. The van der Waals surface area contributed by atoms with Gasteiger partial charge in [0, 0.05) is 7.05 Å². The van der Waals surface area contributed by atoms with Crippen LogP contribution in [0.25, 0.3) is 11.2 Å². The topological polar surface area (TPSA) is 30.7 Å². The summed E-state index contributed by atoms with van der Waals surface area (Å²) in [7, 11) is 1.92. The number of hydrogen-bond acceptors (Lipinski definition) is 2. The van der Waals surface area contributed by atoms with Crippen molar-refractivity contribution < 1.29 is 0 Å². The van der Waals surface area contributed by atoms with Crippen molar-refractivity contribution in [2.45, 2.75) is 0 Å². The van der Waals surface area contributed by atoms with Gasteiger partial charge in [-0.25, -0.2) is 9.97 Å². The van der Waals surface area contributed by atoms with Crippen molar-refractivity contribution in [3.05, 3.63) is 23.6 Å². The van der Waals surface area contributed by atoms with Crippen molar-refractivity contribution in [3.8, 4) is 0 Å². The zero-order chi connectivity index (χ0) is 7.84. The molecule has 0 fully saturated rings. The van der Waals surface area contributed by atoms with Gasteiger partial charge in [-0.1, -0.05) is 11.6 Å². The van der Waals surface area contributed by atoms with Gasteiger partial charge in [0.25, 0.3) is 0 Å². The first kappa shape index (κ1) is 6.61. The van der Waals surface area contributed by atoms with E-state index in [-0.39, 0.29) is 0 Å². The summed E-state index contributed by atoms with van der Waals surface area (Å²) in [5.74, 6) is 0. The predicted octanol–water partition coefficient (Wildman–Crippen LogP) is 1.62. The maximum atomic E-state index is 5.67. The Hall–Kier alpha value is -1.09. The molecule has 0 bridgehead atoms. The molecule has 3 nitrogen and oxygen atoms in total. The third-order valence-corrected chi connectivity index (χ3v) is 1.76. The van der Waals surface area contributed by atoms with E-state index in [4.69, 9.17) is 11.6 Å². The first-order valence-corrected chi connectivity index (χ1v) is 3.59. The van der Waals surface area contributed by atoms with Crippen LogP contribution < -0.4 is 0 Å². The number of imidazole rings is 1. The molecule has 2 aromatic rings. The monoisotopic (exact) mass is 167 g/mol. The molecule has 0 unspecified atom stereocenters. The Morgan fingerprint density at radius 2 is 2.27 bits per heavy atom. The molecule has 0 saturated carbocycles. The Labute approximate surface area is 68.6 Å². The summed E-state index contributed by atoms with van der Waals surface area (Å²) >= 11 is 5.67. The van der Waals surface area contributed by atoms with Gasteiger partial charge in [0.05, 0.1) is 11.8 Å². The van der Waals surface area contributed by atoms with Crippen LogP contribution in [-0.2, 0) is 7.05 Å². The molecule has 0 radical (unpaired) electrons. The smallest absolute Gasteiger partial charge is 0.179 e. The Balaban J connectivity index is 2.86. The molecule has 0 N–H and O–H groups in total. The summed E-state index contributed by atoms with van der Waals surface area (Å²) in [6.07, 6.45) is 1.72. The highest BCUT2D eigenvalue weighted by Crippen LogP contribution is 2.12. The summed E-state index contributed by atoms with van der Waals surface area (Å²) in [4.78, 5) is 8.08. The van der Waals surface area contributed by atoms with Crippen molar-refractivity contribution in [2.24, 2.45) is 7.05 Å². The first-order chi connectivity index (χ1) is 5.27. The lowest BCUT2D eigenvalue weighted by atomic mass is 10.4. The number of fused-ring (bicyclic) bond motifs is 1. The number of halogens is 1. The molecule has 0 aromatic carbocycles. The average Bonchev–Trinajstić information content (AvgIpc) is 2.32. The molecule has 2 heterocycles. The Bertz CT molecular complexity index is 393. The third kappa shape index (κ3) is 0.973. The minimum atomic E-state index is 0.483. The summed E-state index contributed by atoms with van der Waals surface area (Å²) in [5, 5.41) is 0.483. The Kier molecular flexibility index (Phi) is 1.32. The van der Waals surface area contributed by atoms with Crippen molar-refractivity contribution >= 4 is 22.8 Å². The van der Waals surface area contributed by atoms with E-state index < -0.39 is 0 Å². The zero-order valence-electron chi connectivity index (χ0n) is 5.95. The molecule has 2 rings (SSSR count). The van der Waals surface area contributed by atoms with E-state index in [1.807, 2.05) is 17.7 Å². The Morgan fingerprint density at radius 3 is 3.09 bits per heavy atom. The van der Waals surface area contributed by atoms with Crippen LogP contribution in [0.5, 0.6) is 0 Å². The maximum Gasteiger partial charge on any atom is 0.179 e. The van der Waals surface area contributed by atoms with E-state index in [0.29, 0.717) is 10.8 Å². The lowest BCUT2D eigenvalue weighted by molar-refractivity contribution is 0.947. The minimum Gasteiger partial charge on any atom is -0.332 e. The van der Waals surface area contributed by atoms with Gasteiger partial charge in [-0.3, -0.25) is 0 Å². The number of nitrogens with zero attached hydrogens (tertiary/aromatic N) is 3. The number of pyridine rings is 1. The lowest BCUT2D eigenvalue weighted by Gasteiger charge is -1.91. The second-order valence-electron chi connectivity index (χ2n) is 2.33. The summed E-state index contributed by atoms with van der Waals surface area (Å²) in [5.41, 5.74) is 1.69. The molecule has 11 heavy (non-hydrogen) atoms. The van der Waals surface area contributed by atoms with Gasteiger partial charge in [0.2, 0.25) is 0 Å². The van der Waals surface area contributed by atoms with Gasteiger partial charge >= 0.3 is 0 Å². The fraction of sp³-hybridized carbons (Fsp3) is 0.143. The molecule has 0 aliphatic carbocycles. The van der Waals surface area contributed by atoms with Crippen LogP contribution in [-0.4, -0.2) is 14.5 Å². The molecule has 0 spiro atoms. The normalized spacial score (nSPS) is 10.7. The highest BCUT2D eigenvalue weighted by atomic mass is 35.5. The van der Waals surface area contributed by atoms with E-state index in [9.17, 15) is 0 Å². The third-order valence-electron chi connectivity index (χ3n) is 1.55. The van der Waals surface area contributed by atoms with E-state index >= 15 is 0 Å². The largest absolute Gasteiger partial charge is 0.332 e. The van der Waals surface area contributed by atoms with E-state index in [1.165, 1.54) is 0 Å². The molecule has 4 heteroatoms. The second-order valence-corrected chi connectivity index (χ2v) is 2.72. The number of hydrogen-bond donors (Lipinski definition) is 0. The summed E-state index contributed by atoms with van der Waals surface area (Å²) in [6, 6.07) is 3.66. The van der Waals surface area contributed by atoms with Crippen LogP contribution in [0.1, 0.15) is 0 Å². The number of rotatable bonds is 0. The molecule has 0 atom stereocenters. The average molecular weight is 168 g/mol. The summed E-state index contributed by atoms with van der Waals surface area (Å²) in [6.45, 7) is 0. The molecular formula is C7H6ClN3. The fourth-order valence-electron chi connectivity index (χ4n) is 0.992. The van der Waals surface area contributed by atoms with Gasteiger partial charge < -0.3 is 4.57 Å². The minimum absolute atomic E-state index is 0.483. The van der Waals surface area contributed by atoms with Gasteiger partial charge in [-0.2, -0.15) is 0 Å². The van der Waals surface area contributed by atoms with E-state index in [0.717, 1.165) is 5.52 Å². The summed E-state index contributed by atoms with van der Waals surface area (Å²) < 4.78 is 1.90. The zero-order valence-corrected chi connectivity index (χ0v) is 6.71. The second kappa shape index (κ2) is 2.20. The van der Waals surface area contributed by atoms with Gasteiger partial charge in [0.1, 0.15) is 5.15 Å².